The Balaban J connectivity index is 1.37. The second-order valence-electron chi connectivity index (χ2n) is 11.0. The highest BCUT2D eigenvalue weighted by atomic mass is 19.3. The van der Waals surface area contributed by atoms with E-state index in [1.807, 2.05) is 43.5 Å². The quantitative estimate of drug-likeness (QED) is 0.262. The van der Waals surface area contributed by atoms with E-state index in [0.29, 0.717) is 35.4 Å². The van der Waals surface area contributed by atoms with Crippen molar-refractivity contribution < 1.29 is 18.4 Å². The fraction of sp³-hybridized carbons (Fsp3) is 0.355. The number of para-hydroxylation sites is 1. The molecule has 228 valence electrons. The van der Waals surface area contributed by atoms with Crippen LogP contribution >= 0.6 is 0 Å². The molecule has 1 aliphatic rings. The standard InChI is InChI=1S/C31H33F2N9O2/c1-3-15-41-18-21(17-35-41)27-38-28-22-10-7-11-23(31(2,32)33)26(22)37-30(42(28)39-27)36-24-19-40(16-14-34-29(24)44)25(43)13-12-20-8-5-4-6-9-20/h4-11,17-18,24H,3,12-16,19H2,1-2H3,(H,34,44)(H,36,37). The molecule has 1 unspecified atom stereocenters. The highest BCUT2D eigenvalue weighted by Crippen LogP contribution is 2.34. The lowest BCUT2D eigenvalue weighted by Gasteiger charge is -2.24. The van der Waals surface area contributed by atoms with Crippen molar-refractivity contribution >= 4 is 34.3 Å². The molecule has 6 rings (SSSR count). The van der Waals surface area contributed by atoms with Crippen LogP contribution in [0.1, 0.15) is 37.8 Å². The zero-order valence-corrected chi connectivity index (χ0v) is 24.5. The minimum atomic E-state index is -3.19. The lowest BCUT2D eigenvalue weighted by atomic mass is 10.1. The smallest absolute Gasteiger partial charge is 0.272 e. The number of carbonyl (C=O) groups excluding carboxylic acids is 2. The molecule has 0 spiro atoms. The fourth-order valence-corrected chi connectivity index (χ4v) is 5.41. The zero-order chi connectivity index (χ0) is 30.8. The number of anilines is 1. The number of fused-ring (bicyclic) bond motifs is 3. The van der Waals surface area contributed by atoms with Crippen LogP contribution in [-0.2, 0) is 28.5 Å². The van der Waals surface area contributed by atoms with Crippen molar-refractivity contribution in [2.45, 2.75) is 51.6 Å². The van der Waals surface area contributed by atoms with Gasteiger partial charge in [-0.1, -0.05) is 49.4 Å². The number of carbonyl (C=O) groups is 2. The maximum absolute atomic E-state index is 14.7. The molecule has 11 nitrogen and oxygen atoms in total. The van der Waals surface area contributed by atoms with Gasteiger partial charge in [0.1, 0.15) is 6.04 Å². The lowest BCUT2D eigenvalue weighted by Crippen LogP contribution is -2.44. The van der Waals surface area contributed by atoms with E-state index in [1.54, 1.807) is 21.8 Å². The number of hydrogen-bond acceptors (Lipinski definition) is 7. The van der Waals surface area contributed by atoms with Crippen molar-refractivity contribution in [2.75, 3.05) is 25.0 Å². The Kier molecular flexibility index (Phi) is 7.93. The summed E-state index contributed by atoms with van der Waals surface area (Å²) in [6, 6.07) is 13.3. The van der Waals surface area contributed by atoms with E-state index in [1.165, 1.54) is 16.6 Å². The summed E-state index contributed by atoms with van der Waals surface area (Å²) in [5.41, 5.74) is 1.77. The molecule has 0 bridgehead atoms. The van der Waals surface area contributed by atoms with Crippen LogP contribution in [0.5, 0.6) is 0 Å². The van der Waals surface area contributed by atoms with Crippen molar-refractivity contribution in [2.24, 2.45) is 0 Å². The second-order valence-corrected chi connectivity index (χ2v) is 11.0. The first kappa shape index (κ1) is 29.1. The first-order valence-corrected chi connectivity index (χ1v) is 14.7. The number of nitrogens with one attached hydrogen (secondary N) is 2. The number of amides is 2. The van der Waals surface area contributed by atoms with Crippen LogP contribution in [0.3, 0.4) is 0 Å². The number of benzene rings is 2. The first-order chi connectivity index (χ1) is 21.2. The highest BCUT2D eigenvalue weighted by molar-refractivity contribution is 5.95. The maximum atomic E-state index is 14.7. The number of aromatic nitrogens is 6. The van der Waals surface area contributed by atoms with Crippen LogP contribution in [0.25, 0.3) is 27.9 Å². The van der Waals surface area contributed by atoms with Gasteiger partial charge in [0.25, 0.3) is 5.92 Å². The molecule has 1 saturated heterocycles. The molecular formula is C31H33F2N9O2. The molecule has 1 aliphatic heterocycles. The van der Waals surface area contributed by atoms with Crippen molar-refractivity contribution in [3.05, 3.63) is 72.1 Å². The predicted molar refractivity (Wildman–Crippen MR) is 161 cm³/mol. The Hall–Kier alpha value is -4.94. The average molecular weight is 602 g/mol. The lowest BCUT2D eigenvalue weighted by molar-refractivity contribution is -0.131. The van der Waals surface area contributed by atoms with Gasteiger partial charge >= 0.3 is 0 Å². The predicted octanol–water partition coefficient (Wildman–Crippen LogP) is 4.03. The molecule has 44 heavy (non-hydrogen) atoms. The Morgan fingerprint density at radius 3 is 2.73 bits per heavy atom. The molecular weight excluding hydrogens is 568 g/mol. The minimum Gasteiger partial charge on any atom is -0.352 e. The molecule has 13 heteroatoms. The molecule has 2 N–H and O–H groups in total. The van der Waals surface area contributed by atoms with Gasteiger partial charge in [-0.25, -0.2) is 18.7 Å². The Morgan fingerprint density at radius 1 is 1.14 bits per heavy atom. The third-order valence-electron chi connectivity index (χ3n) is 7.65. The van der Waals surface area contributed by atoms with Gasteiger partial charge in [-0.15, -0.1) is 5.10 Å². The molecule has 1 atom stereocenters. The summed E-state index contributed by atoms with van der Waals surface area (Å²) >= 11 is 0. The summed E-state index contributed by atoms with van der Waals surface area (Å²) in [6.45, 7) is 4.28. The van der Waals surface area contributed by atoms with Crippen molar-refractivity contribution in [3.8, 4) is 11.4 Å². The molecule has 4 heterocycles. The summed E-state index contributed by atoms with van der Waals surface area (Å²) in [5.74, 6) is -3.22. The monoisotopic (exact) mass is 601 g/mol. The van der Waals surface area contributed by atoms with Crippen molar-refractivity contribution in [3.63, 3.8) is 0 Å². The largest absolute Gasteiger partial charge is 0.352 e. The molecule has 0 saturated carbocycles. The van der Waals surface area contributed by atoms with Crippen molar-refractivity contribution in [1.82, 2.24) is 39.6 Å². The topological polar surface area (TPSA) is 122 Å². The molecule has 1 fully saturated rings. The van der Waals surface area contributed by atoms with E-state index in [2.05, 4.69) is 25.8 Å². The number of halogens is 2. The van der Waals surface area contributed by atoms with Crippen LogP contribution in [0.15, 0.2) is 60.9 Å². The van der Waals surface area contributed by atoms with Crippen LogP contribution in [0.4, 0.5) is 14.7 Å². The summed E-state index contributed by atoms with van der Waals surface area (Å²) in [7, 11) is 0. The Labute approximate surface area is 252 Å². The maximum Gasteiger partial charge on any atom is 0.272 e. The Bertz CT molecular complexity index is 1810. The fourth-order valence-electron chi connectivity index (χ4n) is 5.41. The van der Waals surface area contributed by atoms with Gasteiger partial charge in [0.15, 0.2) is 11.5 Å². The van der Waals surface area contributed by atoms with Gasteiger partial charge < -0.3 is 15.5 Å². The first-order valence-electron chi connectivity index (χ1n) is 14.7. The summed E-state index contributed by atoms with van der Waals surface area (Å²) in [4.78, 5) is 37.3. The van der Waals surface area contributed by atoms with Gasteiger partial charge in [-0.05, 0) is 24.5 Å². The van der Waals surface area contributed by atoms with Crippen molar-refractivity contribution in [1.29, 1.82) is 0 Å². The summed E-state index contributed by atoms with van der Waals surface area (Å²) < 4.78 is 32.7. The van der Waals surface area contributed by atoms with E-state index in [9.17, 15) is 18.4 Å². The normalized spacial score (nSPS) is 15.9. The number of nitrogens with zero attached hydrogens (tertiary/aromatic N) is 7. The van der Waals surface area contributed by atoms with Crippen LogP contribution in [0.2, 0.25) is 0 Å². The highest BCUT2D eigenvalue weighted by Gasteiger charge is 2.32. The Morgan fingerprint density at radius 2 is 1.95 bits per heavy atom. The number of aryl methyl sites for hydroxylation is 2. The van der Waals surface area contributed by atoms with Crippen LogP contribution in [-0.4, -0.2) is 71.8 Å². The van der Waals surface area contributed by atoms with E-state index in [4.69, 9.17) is 4.98 Å². The van der Waals surface area contributed by atoms with E-state index in [-0.39, 0.29) is 48.4 Å². The van der Waals surface area contributed by atoms with Crippen LogP contribution < -0.4 is 10.6 Å². The minimum absolute atomic E-state index is 0.0421. The van der Waals surface area contributed by atoms with E-state index in [0.717, 1.165) is 25.5 Å². The molecule has 2 aromatic carbocycles. The van der Waals surface area contributed by atoms with Gasteiger partial charge in [-0.2, -0.15) is 9.61 Å². The van der Waals surface area contributed by atoms with E-state index < -0.39 is 12.0 Å². The SMILES string of the molecule is CCCn1cc(-c2nc3c4cccc(C(C)(F)F)c4nc(NC4CN(C(=O)CCc5ccccc5)CCNC4=O)n3n2)cn1. The third kappa shape index (κ3) is 5.94. The van der Waals surface area contributed by atoms with Gasteiger partial charge in [0.2, 0.25) is 17.8 Å². The van der Waals surface area contributed by atoms with Gasteiger partial charge in [0.05, 0.1) is 17.3 Å². The molecule has 2 amide bonds. The molecule has 3 aromatic heterocycles. The molecule has 0 radical (unpaired) electrons. The zero-order valence-electron chi connectivity index (χ0n) is 24.5. The molecule has 5 aromatic rings. The third-order valence-corrected chi connectivity index (χ3v) is 7.65. The second kappa shape index (κ2) is 12.0. The molecule has 0 aliphatic carbocycles. The van der Waals surface area contributed by atoms with Gasteiger partial charge in [0, 0.05) is 56.7 Å². The number of alkyl halides is 2. The number of hydrogen-bond donors (Lipinski definition) is 2. The van der Waals surface area contributed by atoms with E-state index >= 15 is 0 Å². The average Bonchev–Trinajstić information content (AvgIpc) is 3.62. The van der Waals surface area contributed by atoms with Crippen LogP contribution in [0, 0.1) is 0 Å². The van der Waals surface area contributed by atoms with Gasteiger partial charge in [-0.3, -0.25) is 14.3 Å². The summed E-state index contributed by atoms with van der Waals surface area (Å²) in [6.07, 6.45) is 5.23. The number of rotatable bonds is 9. The summed E-state index contributed by atoms with van der Waals surface area (Å²) in [5, 5.41) is 15.4.